The zero-order valence-electron chi connectivity index (χ0n) is 18.2. The number of hydrogen-bond acceptors (Lipinski definition) is 5. The number of nitrogens with one attached hydrogen (secondary N) is 2. The van der Waals surface area contributed by atoms with E-state index in [1.54, 1.807) is 17.9 Å². The molecule has 2 fully saturated rings. The van der Waals surface area contributed by atoms with Crippen molar-refractivity contribution in [1.29, 1.82) is 0 Å². The number of aromatic nitrogens is 2. The molecule has 1 aliphatic heterocycles. The van der Waals surface area contributed by atoms with Gasteiger partial charge in [0, 0.05) is 51.0 Å². The molecule has 1 saturated carbocycles. The number of aryl methyl sites for hydroxylation is 1. The Morgan fingerprint density at radius 2 is 1.77 bits per heavy atom. The van der Waals surface area contributed by atoms with Crippen LogP contribution in [0.25, 0.3) is 0 Å². The predicted molar refractivity (Wildman–Crippen MR) is 122 cm³/mol. The second-order valence-electron chi connectivity index (χ2n) is 8.29. The van der Waals surface area contributed by atoms with Crippen molar-refractivity contribution in [3.05, 3.63) is 18.0 Å². The van der Waals surface area contributed by atoms with Crippen LogP contribution in [0.5, 0.6) is 0 Å². The molecule has 1 aliphatic carbocycles. The minimum atomic E-state index is -0.378. The Morgan fingerprint density at radius 3 is 2.30 bits per heavy atom. The summed E-state index contributed by atoms with van der Waals surface area (Å²) in [6, 6.07) is -0.0420. The molecular formula is C20H36Cl2N6O2. The average molecular weight is 463 g/mol. The standard InChI is InChI=1S/C20H34N6O2.2ClH/c1-15-4-6-17(7-5-15)23-18(27)14-25-8-10-26(11-9-25)20(28)19(21-2)16-12-22-24(3)13-16;;/h12-13,15,17,19,21H,4-11,14H2,1-3H3,(H,23,27);2*1H. The van der Waals surface area contributed by atoms with Crippen molar-refractivity contribution in [1.82, 2.24) is 30.2 Å². The van der Waals surface area contributed by atoms with E-state index in [1.165, 1.54) is 12.8 Å². The molecule has 8 nitrogen and oxygen atoms in total. The molecule has 2 amide bonds. The highest BCUT2D eigenvalue weighted by Gasteiger charge is 2.29. The zero-order chi connectivity index (χ0) is 20.1. The van der Waals surface area contributed by atoms with E-state index >= 15 is 0 Å². The Morgan fingerprint density at radius 1 is 1.13 bits per heavy atom. The molecule has 2 N–H and O–H groups in total. The molecule has 0 spiro atoms. The van der Waals surface area contributed by atoms with E-state index in [0.29, 0.717) is 25.7 Å². The van der Waals surface area contributed by atoms with Crippen LogP contribution in [-0.4, -0.2) is 77.2 Å². The number of hydrogen-bond donors (Lipinski definition) is 2. The van der Waals surface area contributed by atoms with Crippen molar-refractivity contribution >= 4 is 36.6 Å². The summed E-state index contributed by atoms with van der Waals surface area (Å²) >= 11 is 0. The molecule has 1 aromatic rings. The van der Waals surface area contributed by atoms with E-state index in [1.807, 2.05) is 18.1 Å². The maximum Gasteiger partial charge on any atom is 0.244 e. The van der Waals surface area contributed by atoms with Crippen molar-refractivity contribution in [2.24, 2.45) is 13.0 Å². The third-order valence-electron chi connectivity index (χ3n) is 6.03. The first-order valence-corrected chi connectivity index (χ1v) is 10.4. The molecule has 0 bridgehead atoms. The minimum Gasteiger partial charge on any atom is -0.352 e. The first-order valence-electron chi connectivity index (χ1n) is 10.4. The average Bonchev–Trinajstić information content (AvgIpc) is 3.10. The molecule has 30 heavy (non-hydrogen) atoms. The van der Waals surface area contributed by atoms with E-state index in [0.717, 1.165) is 37.4 Å². The number of carbonyl (C=O) groups excluding carboxylic acids is 2. The third-order valence-corrected chi connectivity index (χ3v) is 6.03. The van der Waals surface area contributed by atoms with Gasteiger partial charge in [-0.25, -0.2) is 0 Å². The van der Waals surface area contributed by atoms with Gasteiger partial charge < -0.3 is 15.5 Å². The van der Waals surface area contributed by atoms with Crippen LogP contribution in [0.15, 0.2) is 12.4 Å². The number of halogens is 2. The summed E-state index contributed by atoms with van der Waals surface area (Å²) in [4.78, 5) is 29.3. The van der Waals surface area contributed by atoms with Gasteiger partial charge in [-0.1, -0.05) is 6.92 Å². The minimum absolute atomic E-state index is 0. The van der Waals surface area contributed by atoms with E-state index in [2.05, 4.69) is 27.6 Å². The maximum atomic E-state index is 12.9. The van der Waals surface area contributed by atoms with Crippen LogP contribution in [0.2, 0.25) is 0 Å². The smallest absolute Gasteiger partial charge is 0.244 e. The van der Waals surface area contributed by atoms with Gasteiger partial charge >= 0.3 is 0 Å². The first-order chi connectivity index (χ1) is 13.5. The molecule has 3 rings (SSSR count). The van der Waals surface area contributed by atoms with Crippen LogP contribution in [0, 0.1) is 5.92 Å². The van der Waals surface area contributed by atoms with Crippen LogP contribution in [0.4, 0.5) is 0 Å². The predicted octanol–water partition coefficient (Wildman–Crippen LogP) is 1.36. The molecule has 1 unspecified atom stereocenters. The Hall–Kier alpha value is -1.35. The second kappa shape index (κ2) is 12.5. The van der Waals surface area contributed by atoms with Crippen LogP contribution < -0.4 is 10.6 Å². The second-order valence-corrected chi connectivity index (χ2v) is 8.29. The first kappa shape index (κ1) is 26.7. The number of likely N-dealkylation sites (N-methyl/N-ethyl adjacent to an activating group) is 1. The molecule has 0 aromatic carbocycles. The van der Waals surface area contributed by atoms with E-state index in [4.69, 9.17) is 0 Å². The topological polar surface area (TPSA) is 82.5 Å². The van der Waals surface area contributed by atoms with Gasteiger partial charge in [0.1, 0.15) is 6.04 Å². The van der Waals surface area contributed by atoms with Crippen molar-refractivity contribution < 1.29 is 9.59 Å². The van der Waals surface area contributed by atoms with Crippen LogP contribution in [0.3, 0.4) is 0 Å². The highest BCUT2D eigenvalue weighted by Crippen LogP contribution is 2.23. The van der Waals surface area contributed by atoms with Crippen molar-refractivity contribution in [2.75, 3.05) is 39.8 Å². The Balaban J connectivity index is 0.00000225. The number of nitrogens with zero attached hydrogens (tertiary/aromatic N) is 4. The normalized spacial score (nSPS) is 23.1. The summed E-state index contributed by atoms with van der Waals surface area (Å²) in [5.41, 5.74) is 0.874. The lowest BCUT2D eigenvalue weighted by atomic mass is 9.87. The van der Waals surface area contributed by atoms with Crippen LogP contribution >= 0.6 is 24.8 Å². The molecule has 2 heterocycles. The summed E-state index contributed by atoms with van der Waals surface area (Å²) in [6.07, 6.45) is 8.19. The van der Waals surface area contributed by atoms with Gasteiger partial charge in [-0.2, -0.15) is 5.10 Å². The summed E-state index contributed by atoms with van der Waals surface area (Å²) in [5.74, 6) is 0.964. The van der Waals surface area contributed by atoms with Gasteiger partial charge in [0.2, 0.25) is 11.8 Å². The summed E-state index contributed by atoms with van der Waals surface area (Å²) in [5, 5.41) is 10.5. The summed E-state index contributed by atoms with van der Waals surface area (Å²) in [6.45, 7) is 5.45. The molecule has 1 aromatic heterocycles. The lowest BCUT2D eigenvalue weighted by Gasteiger charge is -2.36. The molecule has 1 atom stereocenters. The van der Waals surface area contributed by atoms with Gasteiger partial charge in [0.05, 0.1) is 12.7 Å². The highest BCUT2D eigenvalue weighted by molar-refractivity contribution is 5.85. The highest BCUT2D eigenvalue weighted by atomic mass is 35.5. The lowest BCUT2D eigenvalue weighted by molar-refractivity contribution is -0.135. The molecule has 10 heteroatoms. The van der Waals surface area contributed by atoms with Crippen molar-refractivity contribution in [3.63, 3.8) is 0 Å². The van der Waals surface area contributed by atoms with Crippen molar-refractivity contribution in [3.8, 4) is 0 Å². The zero-order valence-corrected chi connectivity index (χ0v) is 19.8. The SMILES string of the molecule is CNC(C(=O)N1CCN(CC(=O)NC2CCC(C)CC2)CC1)c1cnn(C)c1.Cl.Cl. The number of piperazine rings is 1. The van der Waals surface area contributed by atoms with Gasteiger partial charge in [-0.05, 0) is 38.6 Å². The lowest BCUT2D eigenvalue weighted by Crippen LogP contribution is -2.53. The monoisotopic (exact) mass is 462 g/mol. The number of carbonyl (C=O) groups is 2. The van der Waals surface area contributed by atoms with Crippen LogP contribution in [0.1, 0.15) is 44.2 Å². The largest absolute Gasteiger partial charge is 0.352 e. The fraction of sp³-hybridized carbons (Fsp3) is 0.750. The Kier molecular flexibility index (Phi) is 11.1. The van der Waals surface area contributed by atoms with Gasteiger partial charge in [-0.3, -0.25) is 19.2 Å². The van der Waals surface area contributed by atoms with Gasteiger partial charge in [0.25, 0.3) is 0 Å². The molecule has 2 aliphatic rings. The fourth-order valence-corrected chi connectivity index (χ4v) is 4.21. The van der Waals surface area contributed by atoms with Gasteiger partial charge in [0.15, 0.2) is 0 Å². The summed E-state index contributed by atoms with van der Waals surface area (Å²) in [7, 11) is 3.64. The van der Waals surface area contributed by atoms with Crippen molar-refractivity contribution in [2.45, 2.75) is 44.7 Å². The summed E-state index contributed by atoms with van der Waals surface area (Å²) < 4.78 is 1.70. The number of amides is 2. The molecule has 1 saturated heterocycles. The fourth-order valence-electron chi connectivity index (χ4n) is 4.21. The maximum absolute atomic E-state index is 12.9. The van der Waals surface area contributed by atoms with E-state index in [9.17, 15) is 9.59 Å². The Labute approximate surface area is 191 Å². The van der Waals surface area contributed by atoms with Crippen LogP contribution in [-0.2, 0) is 16.6 Å². The molecular weight excluding hydrogens is 427 g/mol. The van der Waals surface area contributed by atoms with E-state index in [-0.39, 0.29) is 42.7 Å². The molecule has 172 valence electrons. The molecule has 0 radical (unpaired) electrons. The number of rotatable bonds is 6. The Bertz CT molecular complexity index is 670. The van der Waals surface area contributed by atoms with E-state index < -0.39 is 0 Å². The third kappa shape index (κ3) is 7.11. The quantitative estimate of drug-likeness (QED) is 0.666. The van der Waals surface area contributed by atoms with Gasteiger partial charge in [-0.15, -0.1) is 24.8 Å².